The Morgan fingerprint density at radius 1 is 0.935 bits per heavy atom. The van der Waals surface area contributed by atoms with Gasteiger partial charge in [0.25, 0.3) is 0 Å². The van der Waals surface area contributed by atoms with Gasteiger partial charge in [0.2, 0.25) is 5.91 Å². The van der Waals surface area contributed by atoms with Crippen molar-refractivity contribution in [3.05, 3.63) is 65.2 Å². The smallest absolute Gasteiger partial charge is 0.228 e. The van der Waals surface area contributed by atoms with Crippen LogP contribution in [0.4, 0.5) is 0 Å². The van der Waals surface area contributed by atoms with E-state index in [1.54, 1.807) is 0 Å². The van der Waals surface area contributed by atoms with Crippen molar-refractivity contribution in [1.29, 1.82) is 0 Å². The fourth-order valence-electron chi connectivity index (χ4n) is 5.09. The second kappa shape index (κ2) is 9.86. The van der Waals surface area contributed by atoms with E-state index in [0.717, 1.165) is 63.9 Å². The summed E-state index contributed by atoms with van der Waals surface area (Å²) in [4.78, 5) is 18.0. The van der Waals surface area contributed by atoms with Crippen molar-refractivity contribution in [3.63, 3.8) is 0 Å². The molecule has 0 radical (unpaired) electrons. The fraction of sp³-hybridized carbons (Fsp3) is 0.519. The zero-order valence-electron chi connectivity index (χ0n) is 19.1. The first-order valence-electron chi connectivity index (χ1n) is 11.8. The molecular formula is C27H36N2O2. The van der Waals surface area contributed by atoms with Gasteiger partial charge in [-0.05, 0) is 69.3 Å². The highest BCUT2D eigenvalue weighted by Gasteiger charge is 2.42. The number of amides is 1. The molecule has 2 heterocycles. The van der Waals surface area contributed by atoms with Crippen LogP contribution in [0.15, 0.2) is 48.5 Å². The van der Waals surface area contributed by atoms with E-state index in [-0.39, 0.29) is 5.41 Å². The number of carbonyl (C=O) groups is 1. The molecule has 2 aromatic carbocycles. The summed E-state index contributed by atoms with van der Waals surface area (Å²) in [5.41, 5.74) is 3.74. The number of carbonyl (C=O) groups excluding carboxylic acids is 1. The summed E-state index contributed by atoms with van der Waals surface area (Å²) in [6.07, 6.45) is 6.13. The predicted octanol–water partition coefficient (Wildman–Crippen LogP) is 4.84. The van der Waals surface area contributed by atoms with Gasteiger partial charge >= 0.3 is 0 Å². The molecule has 2 aromatic rings. The lowest BCUT2D eigenvalue weighted by Gasteiger charge is -2.43. The zero-order chi connectivity index (χ0) is 21.7. The summed E-state index contributed by atoms with van der Waals surface area (Å²) < 4.78 is 6.04. The maximum atomic E-state index is 13.5. The van der Waals surface area contributed by atoms with Crippen LogP contribution in [0.2, 0.25) is 0 Å². The first-order valence-corrected chi connectivity index (χ1v) is 11.8. The molecule has 1 amide bonds. The molecule has 0 atom stereocenters. The van der Waals surface area contributed by atoms with Crippen molar-refractivity contribution < 1.29 is 9.53 Å². The van der Waals surface area contributed by atoms with E-state index in [2.05, 4.69) is 48.2 Å². The van der Waals surface area contributed by atoms with Gasteiger partial charge < -0.3 is 9.64 Å². The minimum absolute atomic E-state index is 0.211. The lowest BCUT2D eigenvalue weighted by molar-refractivity contribution is -0.145. The standard InChI is InChI=1S/C27H36N2O2/c1-22-10-12-23(13-11-22)21-29-17-15-27(16-18-29)14-6-5-8-24-7-3-4-9-25(24)31-20-19-28(2)26(27)30/h3-4,7,9-13H,5-6,8,14-21H2,1-2H3. The Morgan fingerprint density at radius 3 is 2.45 bits per heavy atom. The summed E-state index contributed by atoms with van der Waals surface area (Å²) in [6, 6.07) is 17.2. The highest BCUT2D eigenvalue weighted by molar-refractivity contribution is 5.82. The van der Waals surface area contributed by atoms with Crippen molar-refractivity contribution in [2.45, 2.75) is 52.0 Å². The number of likely N-dealkylation sites (tertiary alicyclic amines) is 1. The largest absolute Gasteiger partial charge is 0.491 e. The van der Waals surface area contributed by atoms with Gasteiger partial charge in [0, 0.05) is 13.6 Å². The molecule has 0 N–H and O–H groups in total. The van der Waals surface area contributed by atoms with Crippen LogP contribution in [0.1, 0.15) is 48.8 Å². The minimum Gasteiger partial charge on any atom is -0.491 e. The second-order valence-electron chi connectivity index (χ2n) is 9.43. The number of ether oxygens (including phenoxy) is 1. The second-order valence-corrected chi connectivity index (χ2v) is 9.43. The number of nitrogens with zero attached hydrogens (tertiary/aromatic N) is 2. The number of fused-ring (bicyclic) bond motifs is 1. The quantitative estimate of drug-likeness (QED) is 0.697. The first kappa shape index (κ1) is 21.9. The Hall–Kier alpha value is -2.33. The number of benzene rings is 2. The van der Waals surface area contributed by atoms with Crippen LogP contribution in [0.3, 0.4) is 0 Å². The molecule has 0 bridgehead atoms. The summed E-state index contributed by atoms with van der Waals surface area (Å²) >= 11 is 0. The molecule has 31 heavy (non-hydrogen) atoms. The van der Waals surface area contributed by atoms with E-state index < -0.39 is 0 Å². The molecule has 1 fully saturated rings. The third kappa shape index (κ3) is 5.30. The average Bonchev–Trinajstić information content (AvgIpc) is 2.79. The fourth-order valence-corrected chi connectivity index (χ4v) is 5.09. The van der Waals surface area contributed by atoms with E-state index in [9.17, 15) is 4.79 Å². The van der Waals surface area contributed by atoms with Crippen LogP contribution in [0.25, 0.3) is 0 Å². The molecule has 166 valence electrons. The SMILES string of the molecule is Cc1ccc(CN2CCC3(CCCCc4ccccc4OCCN(C)C3=O)CC2)cc1. The Kier molecular flexibility index (Phi) is 6.96. The van der Waals surface area contributed by atoms with Crippen molar-refractivity contribution in [2.24, 2.45) is 5.41 Å². The summed E-state index contributed by atoms with van der Waals surface area (Å²) in [7, 11) is 1.95. The van der Waals surface area contributed by atoms with Gasteiger partial charge in [-0.25, -0.2) is 0 Å². The zero-order valence-corrected chi connectivity index (χ0v) is 19.1. The molecular weight excluding hydrogens is 384 g/mol. The van der Waals surface area contributed by atoms with E-state index >= 15 is 0 Å². The molecule has 4 rings (SSSR count). The number of piperidine rings is 1. The van der Waals surface area contributed by atoms with Gasteiger partial charge in [0.1, 0.15) is 12.4 Å². The van der Waals surface area contributed by atoms with Gasteiger partial charge in [0.15, 0.2) is 0 Å². The molecule has 1 saturated heterocycles. The van der Waals surface area contributed by atoms with Crippen LogP contribution < -0.4 is 4.74 Å². The predicted molar refractivity (Wildman–Crippen MR) is 125 cm³/mol. The lowest BCUT2D eigenvalue weighted by atomic mass is 9.73. The molecule has 2 aliphatic heterocycles. The first-order chi connectivity index (χ1) is 15.1. The summed E-state index contributed by atoms with van der Waals surface area (Å²) in [6.45, 7) is 6.28. The monoisotopic (exact) mass is 420 g/mol. The van der Waals surface area contributed by atoms with Crippen molar-refractivity contribution in [2.75, 3.05) is 33.3 Å². The van der Waals surface area contributed by atoms with E-state index in [4.69, 9.17) is 4.74 Å². The Balaban J connectivity index is 1.42. The summed E-state index contributed by atoms with van der Waals surface area (Å²) in [5, 5.41) is 0. The molecule has 0 unspecified atom stereocenters. The van der Waals surface area contributed by atoms with Crippen molar-refractivity contribution >= 4 is 5.91 Å². The van der Waals surface area contributed by atoms with Gasteiger partial charge in [0.05, 0.1) is 12.0 Å². The molecule has 0 aromatic heterocycles. The number of hydrogen-bond donors (Lipinski definition) is 0. The highest BCUT2D eigenvalue weighted by atomic mass is 16.5. The van der Waals surface area contributed by atoms with Crippen molar-refractivity contribution in [3.8, 4) is 5.75 Å². The maximum Gasteiger partial charge on any atom is 0.228 e. The summed E-state index contributed by atoms with van der Waals surface area (Å²) in [5.74, 6) is 1.29. The Morgan fingerprint density at radius 2 is 1.68 bits per heavy atom. The van der Waals surface area contributed by atoms with Crippen LogP contribution in [-0.2, 0) is 17.8 Å². The molecule has 0 aliphatic carbocycles. The van der Waals surface area contributed by atoms with Gasteiger partial charge in [-0.3, -0.25) is 9.69 Å². The molecule has 0 saturated carbocycles. The average molecular weight is 421 g/mol. The van der Waals surface area contributed by atoms with Gasteiger partial charge in [-0.15, -0.1) is 0 Å². The maximum absolute atomic E-state index is 13.5. The van der Waals surface area contributed by atoms with Crippen molar-refractivity contribution in [1.82, 2.24) is 9.80 Å². The third-order valence-electron chi connectivity index (χ3n) is 7.15. The van der Waals surface area contributed by atoms with Gasteiger partial charge in [-0.2, -0.15) is 0 Å². The van der Waals surface area contributed by atoms with E-state index in [0.29, 0.717) is 19.1 Å². The third-order valence-corrected chi connectivity index (χ3v) is 7.15. The topological polar surface area (TPSA) is 32.8 Å². The van der Waals surface area contributed by atoms with Crippen LogP contribution in [-0.4, -0.2) is 49.0 Å². The van der Waals surface area contributed by atoms with Crippen LogP contribution in [0.5, 0.6) is 5.75 Å². The Bertz CT molecular complexity index is 869. The van der Waals surface area contributed by atoms with E-state index in [1.165, 1.54) is 16.7 Å². The Labute approximate surface area is 187 Å². The number of rotatable bonds is 2. The van der Waals surface area contributed by atoms with Crippen LogP contribution in [0, 0.1) is 12.3 Å². The lowest BCUT2D eigenvalue weighted by Crippen LogP contribution is -2.50. The minimum atomic E-state index is -0.211. The number of para-hydroxylation sites is 1. The number of likely N-dealkylation sites (N-methyl/N-ethyl adjacent to an activating group) is 1. The number of aryl methyl sites for hydroxylation is 2. The molecule has 2 aliphatic rings. The normalized spacial score (nSPS) is 20.5. The number of hydrogen-bond acceptors (Lipinski definition) is 3. The molecule has 1 spiro atoms. The molecule has 4 heteroatoms. The van der Waals surface area contributed by atoms with Crippen LogP contribution >= 0.6 is 0 Å². The van der Waals surface area contributed by atoms with E-state index in [1.807, 2.05) is 24.1 Å². The highest BCUT2D eigenvalue weighted by Crippen LogP contribution is 2.39. The molecule has 4 nitrogen and oxygen atoms in total. The van der Waals surface area contributed by atoms with Gasteiger partial charge in [-0.1, -0.05) is 54.4 Å².